The highest BCUT2D eigenvalue weighted by Crippen LogP contribution is 2.19. The van der Waals surface area contributed by atoms with E-state index >= 15 is 0 Å². The lowest BCUT2D eigenvalue weighted by Crippen LogP contribution is -2.34. The molecule has 0 bridgehead atoms. The predicted octanol–water partition coefficient (Wildman–Crippen LogP) is 3.60. The molecule has 0 aliphatic carbocycles. The van der Waals surface area contributed by atoms with Gasteiger partial charge in [-0.15, -0.1) is 0 Å². The van der Waals surface area contributed by atoms with E-state index in [0.29, 0.717) is 23.5 Å². The highest BCUT2D eigenvalue weighted by Gasteiger charge is 2.18. The lowest BCUT2D eigenvalue weighted by molar-refractivity contribution is -0.122. The molecule has 0 fully saturated rings. The molecule has 0 spiro atoms. The third kappa shape index (κ3) is 4.25. The fraction of sp³-hybridized carbons (Fsp3) is 0.208. The van der Waals surface area contributed by atoms with E-state index in [9.17, 15) is 14.0 Å². The predicted molar refractivity (Wildman–Crippen MR) is 119 cm³/mol. The average Bonchev–Trinajstić information content (AvgIpc) is 3.06. The van der Waals surface area contributed by atoms with E-state index in [1.54, 1.807) is 18.3 Å². The van der Waals surface area contributed by atoms with Crippen LogP contribution in [0.25, 0.3) is 16.9 Å². The van der Waals surface area contributed by atoms with Crippen molar-refractivity contribution in [3.63, 3.8) is 0 Å². The van der Waals surface area contributed by atoms with Gasteiger partial charge in [-0.1, -0.05) is 12.1 Å². The number of amides is 1. The minimum Gasteiger partial charge on any atom is -0.494 e. The second-order valence-corrected chi connectivity index (χ2v) is 7.32. The van der Waals surface area contributed by atoms with Gasteiger partial charge < -0.3 is 10.1 Å². The molecule has 0 radical (unpaired) electrons. The Bertz CT molecular complexity index is 1290. The Morgan fingerprint density at radius 3 is 2.53 bits per heavy atom. The van der Waals surface area contributed by atoms with Gasteiger partial charge >= 0.3 is 5.69 Å². The van der Waals surface area contributed by atoms with Crippen molar-refractivity contribution in [1.82, 2.24) is 19.4 Å². The lowest BCUT2D eigenvalue weighted by Gasteiger charge is -2.15. The number of halogens is 1. The lowest BCUT2D eigenvalue weighted by atomic mass is 10.1. The number of imidazole rings is 1. The molecule has 4 rings (SSSR count). The number of fused-ring (bicyclic) bond motifs is 1. The van der Waals surface area contributed by atoms with Crippen molar-refractivity contribution in [1.29, 1.82) is 0 Å². The highest BCUT2D eigenvalue weighted by atomic mass is 19.1. The average molecular weight is 434 g/mol. The molecule has 4 aromatic rings. The zero-order valence-electron chi connectivity index (χ0n) is 17.8. The number of hydrogen-bond donors (Lipinski definition) is 1. The van der Waals surface area contributed by atoms with Crippen LogP contribution < -0.4 is 15.7 Å². The molecule has 1 N–H and O–H groups in total. The van der Waals surface area contributed by atoms with Crippen molar-refractivity contribution in [3.8, 4) is 11.4 Å². The molecule has 1 atom stereocenters. The van der Waals surface area contributed by atoms with Crippen LogP contribution in [0.2, 0.25) is 0 Å². The van der Waals surface area contributed by atoms with Crippen LogP contribution in [0.1, 0.15) is 25.5 Å². The molecule has 0 unspecified atom stereocenters. The van der Waals surface area contributed by atoms with Crippen molar-refractivity contribution >= 4 is 17.1 Å². The molecule has 0 saturated carbocycles. The topological polar surface area (TPSA) is 78.1 Å². The van der Waals surface area contributed by atoms with Gasteiger partial charge in [0.05, 0.1) is 23.9 Å². The van der Waals surface area contributed by atoms with E-state index in [1.807, 2.05) is 38.1 Å². The molecular weight excluding hydrogens is 411 g/mol. The minimum atomic E-state index is -0.422. The van der Waals surface area contributed by atoms with E-state index in [-0.39, 0.29) is 18.5 Å². The van der Waals surface area contributed by atoms with E-state index in [1.165, 1.54) is 33.4 Å². The fourth-order valence-electron chi connectivity index (χ4n) is 3.59. The van der Waals surface area contributed by atoms with E-state index in [4.69, 9.17) is 4.74 Å². The van der Waals surface area contributed by atoms with Gasteiger partial charge in [-0.05, 0) is 67.9 Å². The quantitative estimate of drug-likeness (QED) is 0.482. The summed E-state index contributed by atoms with van der Waals surface area (Å²) in [5.41, 5.74) is 1.89. The number of aromatic nitrogens is 3. The molecule has 0 aliphatic heterocycles. The third-order valence-electron chi connectivity index (χ3n) is 5.15. The van der Waals surface area contributed by atoms with Gasteiger partial charge in [0.2, 0.25) is 5.91 Å². The summed E-state index contributed by atoms with van der Waals surface area (Å²) < 4.78 is 21.5. The number of rotatable bonds is 7. The van der Waals surface area contributed by atoms with Crippen LogP contribution in [0.4, 0.5) is 4.39 Å². The number of pyridine rings is 1. The molecule has 164 valence electrons. The Balaban J connectivity index is 1.59. The Labute approximate surface area is 184 Å². The van der Waals surface area contributed by atoms with Crippen molar-refractivity contribution in [2.24, 2.45) is 0 Å². The molecule has 7 nitrogen and oxygen atoms in total. The summed E-state index contributed by atoms with van der Waals surface area (Å²) in [6.45, 7) is 4.21. The van der Waals surface area contributed by atoms with Gasteiger partial charge in [0.25, 0.3) is 0 Å². The summed E-state index contributed by atoms with van der Waals surface area (Å²) in [6, 6.07) is 16.2. The first-order chi connectivity index (χ1) is 15.5. The van der Waals surface area contributed by atoms with E-state index < -0.39 is 11.5 Å². The summed E-state index contributed by atoms with van der Waals surface area (Å²) in [6.07, 6.45) is 1.57. The van der Waals surface area contributed by atoms with Crippen molar-refractivity contribution in [2.45, 2.75) is 26.4 Å². The van der Waals surface area contributed by atoms with Crippen LogP contribution in [0.5, 0.6) is 5.75 Å². The van der Waals surface area contributed by atoms with Gasteiger partial charge in [0.1, 0.15) is 18.1 Å². The van der Waals surface area contributed by atoms with Gasteiger partial charge in [0, 0.05) is 6.20 Å². The Morgan fingerprint density at radius 2 is 1.84 bits per heavy atom. The number of benzene rings is 2. The summed E-state index contributed by atoms with van der Waals surface area (Å²) in [5.74, 6) is 0.0547. The van der Waals surface area contributed by atoms with E-state index in [2.05, 4.69) is 10.3 Å². The Morgan fingerprint density at radius 1 is 1.12 bits per heavy atom. The monoisotopic (exact) mass is 434 g/mol. The first kappa shape index (κ1) is 21.3. The molecule has 2 aromatic carbocycles. The number of carbonyl (C=O) groups is 1. The van der Waals surface area contributed by atoms with Crippen LogP contribution in [-0.2, 0) is 11.3 Å². The maximum absolute atomic E-state index is 13.3. The van der Waals surface area contributed by atoms with Crippen LogP contribution in [0.3, 0.4) is 0 Å². The van der Waals surface area contributed by atoms with Crippen molar-refractivity contribution < 1.29 is 13.9 Å². The van der Waals surface area contributed by atoms with Crippen LogP contribution in [0, 0.1) is 5.82 Å². The number of carbonyl (C=O) groups excluding carboxylic acids is 1. The molecule has 1 amide bonds. The maximum Gasteiger partial charge on any atom is 0.335 e. The molecule has 0 saturated heterocycles. The Kier molecular flexibility index (Phi) is 6.02. The standard InChI is InChI=1S/C24H23FN4O3/c1-3-32-20-12-6-17(7-13-20)16(2)27-22(30)15-28-21-5-4-14-26-23(21)29(24(28)31)19-10-8-18(25)9-11-19/h4-14,16H,3,15H2,1-2H3,(H,27,30)/t16-/m0/s1. The number of hydrogen-bond acceptors (Lipinski definition) is 4. The van der Waals surface area contributed by atoms with Gasteiger partial charge in [-0.2, -0.15) is 0 Å². The molecule has 2 heterocycles. The van der Waals surface area contributed by atoms with Gasteiger partial charge in [0.15, 0.2) is 5.65 Å². The zero-order chi connectivity index (χ0) is 22.7. The minimum absolute atomic E-state index is 0.170. The molecule has 32 heavy (non-hydrogen) atoms. The third-order valence-corrected chi connectivity index (χ3v) is 5.15. The largest absolute Gasteiger partial charge is 0.494 e. The fourth-order valence-corrected chi connectivity index (χ4v) is 3.59. The molecule has 8 heteroatoms. The van der Waals surface area contributed by atoms with Crippen LogP contribution in [0.15, 0.2) is 71.7 Å². The van der Waals surface area contributed by atoms with Crippen LogP contribution in [-0.4, -0.2) is 26.6 Å². The normalized spacial score (nSPS) is 12.0. The van der Waals surface area contributed by atoms with Crippen molar-refractivity contribution in [2.75, 3.05) is 6.61 Å². The summed E-state index contributed by atoms with van der Waals surface area (Å²) in [7, 11) is 0. The molecule has 2 aromatic heterocycles. The second-order valence-electron chi connectivity index (χ2n) is 7.32. The summed E-state index contributed by atoms with van der Waals surface area (Å²) >= 11 is 0. The Hall–Kier alpha value is -3.94. The number of ether oxygens (including phenoxy) is 1. The molecular formula is C24H23FN4O3. The van der Waals surface area contributed by atoms with Crippen molar-refractivity contribution in [3.05, 3.63) is 88.7 Å². The first-order valence-corrected chi connectivity index (χ1v) is 10.3. The smallest absolute Gasteiger partial charge is 0.335 e. The second kappa shape index (κ2) is 9.05. The SMILES string of the molecule is CCOc1ccc([C@H](C)NC(=O)Cn2c(=O)n(-c3ccc(F)cc3)c3ncccc32)cc1. The van der Waals surface area contributed by atoms with E-state index in [0.717, 1.165) is 11.3 Å². The maximum atomic E-state index is 13.3. The molecule has 0 aliphatic rings. The summed E-state index contributed by atoms with van der Waals surface area (Å²) in [4.78, 5) is 30.2. The van der Waals surface area contributed by atoms with Gasteiger partial charge in [-0.3, -0.25) is 9.36 Å². The number of nitrogens with zero attached hydrogens (tertiary/aromatic N) is 3. The zero-order valence-corrected chi connectivity index (χ0v) is 17.8. The highest BCUT2D eigenvalue weighted by molar-refractivity contribution is 5.80. The number of nitrogens with one attached hydrogen (secondary N) is 1. The summed E-state index contributed by atoms with van der Waals surface area (Å²) in [5, 5.41) is 2.93. The first-order valence-electron chi connectivity index (χ1n) is 10.3. The van der Waals surface area contributed by atoms with Gasteiger partial charge in [-0.25, -0.2) is 18.7 Å². The van der Waals surface area contributed by atoms with Crippen LogP contribution >= 0.6 is 0 Å².